The van der Waals surface area contributed by atoms with Crippen LogP contribution in [-0.2, 0) is 14.3 Å². The van der Waals surface area contributed by atoms with Gasteiger partial charge in [-0.25, -0.2) is 9.18 Å². The van der Waals surface area contributed by atoms with Crippen LogP contribution in [0.1, 0.15) is 16.8 Å². The zero-order valence-electron chi connectivity index (χ0n) is 12.8. The summed E-state index contributed by atoms with van der Waals surface area (Å²) in [4.78, 5) is 35.1. The monoisotopic (exact) mass is 330 g/mol. The van der Waals surface area contributed by atoms with Crippen molar-refractivity contribution < 1.29 is 23.5 Å². The number of carbonyl (C=O) groups is 3. The van der Waals surface area contributed by atoms with Crippen molar-refractivity contribution in [1.82, 2.24) is 0 Å². The van der Waals surface area contributed by atoms with E-state index < -0.39 is 30.0 Å². The number of rotatable bonds is 5. The van der Waals surface area contributed by atoms with Gasteiger partial charge in [-0.2, -0.15) is 0 Å². The molecule has 2 aromatic carbocycles. The Bertz CT molecular complexity index is 759. The average Bonchev–Trinajstić information content (AvgIpc) is 2.56. The molecule has 0 aliphatic rings. The second-order valence-corrected chi connectivity index (χ2v) is 4.85. The number of carbonyl (C=O) groups excluding carboxylic acids is 3. The van der Waals surface area contributed by atoms with Crippen molar-refractivity contribution in [2.45, 2.75) is 6.42 Å². The summed E-state index contributed by atoms with van der Waals surface area (Å²) in [6.07, 6.45) is -0.417. The van der Waals surface area contributed by atoms with Crippen molar-refractivity contribution >= 4 is 29.2 Å². The Morgan fingerprint density at radius 2 is 1.58 bits per heavy atom. The van der Waals surface area contributed by atoms with Crippen LogP contribution in [0, 0.1) is 5.82 Å². The van der Waals surface area contributed by atoms with Gasteiger partial charge < -0.3 is 15.4 Å². The molecule has 0 saturated carbocycles. The molecular weight excluding hydrogens is 315 g/mol. The van der Waals surface area contributed by atoms with E-state index in [-0.39, 0.29) is 5.56 Å². The van der Waals surface area contributed by atoms with Crippen LogP contribution in [0.25, 0.3) is 0 Å². The lowest BCUT2D eigenvalue weighted by atomic mass is 10.2. The number of halogens is 1. The molecule has 7 heteroatoms. The van der Waals surface area contributed by atoms with E-state index in [1.807, 2.05) is 0 Å². The van der Waals surface area contributed by atoms with Crippen LogP contribution in [0.2, 0.25) is 0 Å². The van der Waals surface area contributed by atoms with Gasteiger partial charge >= 0.3 is 5.97 Å². The number of benzene rings is 2. The highest BCUT2D eigenvalue weighted by Gasteiger charge is 2.11. The van der Waals surface area contributed by atoms with Gasteiger partial charge in [0.1, 0.15) is 12.2 Å². The van der Waals surface area contributed by atoms with Crippen molar-refractivity contribution in [2.75, 3.05) is 17.7 Å². The zero-order chi connectivity index (χ0) is 17.5. The van der Waals surface area contributed by atoms with Gasteiger partial charge in [0.2, 0.25) is 11.8 Å². The number of anilines is 2. The first-order valence-corrected chi connectivity index (χ1v) is 7.01. The molecule has 0 fully saturated rings. The van der Waals surface area contributed by atoms with Crippen molar-refractivity contribution in [3.05, 3.63) is 59.9 Å². The van der Waals surface area contributed by atoms with Gasteiger partial charge in [-0.15, -0.1) is 0 Å². The topological polar surface area (TPSA) is 84.5 Å². The first kappa shape index (κ1) is 17.1. The maximum Gasteiger partial charge on any atom is 0.337 e. The molecule has 0 aromatic heterocycles. The molecule has 0 unspecified atom stereocenters. The third-order valence-electron chi connectivity index (χ3n) is 3.02. The van der Waals surface area contributed by atoms with Gasteiger partial charge in [-0.3, -0.25) is 9.59 Å². The van der Waals surface area contributed by atoms with E-state index in [1.165, 1.54) is 37.4 Å². The number of hydrogen-bond donors (Lipinski definition) is 2. The smallest absolute Gasteiger partial charge is 0.337 e. The molecule has 2 aromatic rings. The Balaban J connectivity index is 1.91. The highest BCUT2D eigenvalue weighted by atomic mass is 19.1. The number of methoxy groups -OCH3 is 1. The Kier molecular flexibility index (Phi) is 5.62. The Morgan fingerprint density at radius 1 is 0.958 bits per heavy atom. The minimum atomic E-state index is -0.545. The summed E-state index contributed by atoms with van der Waals surface area (Å²) in [5.41, 5.74) is 1.05. The van der Waals surface area contributed by atoms with E-state index in [1.54, 1.807) is 18.2 Å². The molecule has 0 spiro atoms. The van der Waals surface area contributed by atoms with Gasteiger partial charge in [0.05, 0.1) is 12.7 Å². The SMILES string of the molecule is COC(=O)c1cccc(NC(=O)CC(=O)Nc2ccc(F)cc2)c1. The van der Waals surface area contributed by atoms with Crippen molar-refractivity contribution in [2.24, 2.45) is 0 Å². The summed E-state index contributed by atoms with van der Waals surface area (Å²) < 4.78 is 17.4. The fraction of sp³-hybridized carbons (Fsp3) is 0.118. The Morgan fingerprint density at radius 3 is 2.21 bits per heavy atom. The maximum absolute atomic E-state index is 12.8. The molecule has 0 aliphatic carbocycles. The van der Waals surface area contributed by atoms with E-state index in [0.29, 0.717) is 11.4 Å². The van der Waals surface area contributed by atoms with Crippen LogP contribution in [0.5, 0.6) is 0 Å². The number of esters is 1. The van der Waals surface area contributed by atoms with Crippen LogP contribution in [0.15, 0.2) is 48.5 Å². The molecule has 2 rings (SSSR count). The highest BCUT2D eigenvalue weighted by Crippen LogP contribution is 2.12. The molecule has 0 bridgehead atoms. The summed E-state index contributed by atoms with van der Waals surface area (Å²) in [5.74, 6) is -2.03. The fourth-order valence-electron chi connectivity index (χ4n) is 1.93. The maximum atomic E-state index is 12.8. The lowest BCUT2D eigenvalue weighted by molar-refractivity contribution is -0.123. The third-order valence-corrected chi connectivity index (χ3v) is 3.02. The predicted octanol–water partition coefficient (Wildman–Crippen LogP) is 2.58. The molecule has 0 saturated heterocycles. The predicted molar refractivity (Wildman–Crippen MR) is 86.1 cm³/mol. The molecule has 2 N–H and O–H groups in total. The first-order valence-electron chi connectivity index (χ1n) is 7.01. The molecule has 0 heterocycles. The Hall–Kier alpha value is -3.22. The van der Waals surface area contributed by atoms with Crippen LogP contribution >= 0.6 is 0 Å². The van der Waals surface area contributed by atoms with Gasteiger partial charge in [-0.1, -0.05) is 6.07 Å². The molecule has 124 valence electrons. The quantitative estimate of drug-likeness (QED) is 0.652. The van der Waals surface area contributed by atoms with Crippen LogP contribution in [0.4, 0.5) is 15.8 Å². The minimum Gasteiger partial charge on any atom is -0.465 e. The number of ether oxygens (including phenoxy) is 1. The summed E-state index contributed by atoms with van der Waals surface area (Å²) in [5, 5.41) is 5.00. The van der Waals surface area contributed by atoms with Gasteiger partial charge in [0.15, 0.2) is 0 Å². The van der Waals surface area contributed by atoms with Crippen molar-refractivity contribution in [3.8, 4) is 0 Å². The van der Waals surface area contributed by atoms with E-state index in [2.05, 4.69) is 15.4 Å². The number of nitrogens with one attached hydrogen (secondary N) is 2. The minimum absolute atomic E-state index is 0.283. The van der Waals surface area contributed by atoms with Crippen LogP contribution in [0.3, 0.4) is 0 Å². The largest absolute Gasteiger partial charge is 0.465 e. The molecular formula is C17H15FN2O4. The van der Waals surface area contributed by atoms with Crippen LogP contribution in [-0.4, -0.2) is 24.9 Å². The standard InChI is InChI=1S/C17H15FN2O4/c1-24-17(23)11-3-2-4-14(9-11)20-16(22)10-15(21)19-13-7-5-12(18)6-8-13/h2-9H,10H2,1H3,(H,19,21)(H,20,22). The number of hydrogen-bond acceptors (Lipinski definition) is 4. The fourth-order valence-corrected chi connectivity index (χ4v) is 1.93. The lowest BCUT2D eigenvalue weighted by Crippen LogP contribution is -2.21. The van der Waals surface area contributed by atoms with Gasteiger partial charge in [0, 0.05) is 11.4 Å². The summed E-state index contributed by atoms with van der Waals surface area (Å²) in [7, 11) is 1.26. The normalized spacial score (nSPS) is 9.92. The molecule has 24 heavy (non-hydrogen) atoms. The highest BCUT2D eigenvalue weighted by molar-refractivity contribution is 6.08. The molecule has 0 atom stereocenters. The van der Waals surface area contributed by atoms with Crippen LogP contribution < -0.4 is 10.6 Å². The first-order chi connectivity index (χ1) is 11.5. The molecule has 0 aliphatic heterocycles. The summed E-state index contributed by atoms with van der Waals surface area (Å²) in [6, 6.07) is 11.4. The van der Waals surface area contributed by atoms with E-state index in [4.69, 9.17) is 0 Å². The molecule has 2 amide bonds. The van der Waals surface area contributed by atoms with E-state index in [9.17, 15) is 18.8 Å². The van der Waals surface area contributed by atoms with E-state index >= 15 is 0 Å². The third kappa shape index (κ3) is 4.91. The van der Waals surface area contributed by atoms with Crippen molar-refractivity contribution in [3.63, 3.8) is 0 Å². The second kappa shape index (κ2) is 7.87. The molecule has 0 radical (unpaired) electrons. The van der Waals surface area contributed by atoms with E-state index in [0.717, 1.165) is 0 Å². The summed E-state index contributed by atoms with van der Waals surface area (Å²) in [6.45, 7) is 0. The summed E-state index contributed by atoms with van der Waals surface area (Å²) >= 11 is 0. The van der Waals surface area contributed by atoms with Gasteiger partial charge in [-0.05, 0) is 42.5 Å². The lowest BCUT2D eigenvalue weighted by Gasteiger charge is -2.07. The number of amides is 2. The Labute approximate surface area is 137 Å². The molecule has 6 nitrogen and oxygen atoms in total. The van der Waals surface area contributed by atoms with Crippen molar-refractivity contribution in [1.29, 1.82) is 0 Å². The van der Waals surface area contributed by atoms with Gasteiger partial charge in [0.25, 0.3) is 0 Å². The second-order valence-electron chi connectivity index (χ2n) is 4.85. The zero-order valence-corrected chi connectivity index (χ0v) is 12.8. The average molecular weight is 330 g/mol.